The van der Waals surface area contributed by atoms with E-state index in [4.69, 9.17) is 4.74 Å². The smallest absolute Gasteiger partial charge is 0.0653 e. The van der Waals surface area contributed by atoms with Gasteiger partial charge in [-0.25, -0.2) is 0 Å². The van der Waals surface area contributed by atoms with E-state index < -0.39 is 0 Å². The van der Waals surface area contributed by atoms with Crippen molar-refractivity contribution >= 4 is 10.9 Å². The molecule has 0 bridgehead atoms. The molecule has 1 saturated heterocycles. The number of benzene rings is 1. The molecule has 1 aliphatic rings. The summed E-state index contributed by atoms with van der Waals surface area (Å²) in [5.74, 6) is 0. The molecule has 0 radical (unpaired) electrons. The van der Waals surface area contributed by atoms with Gasteiger partial charge in [0.2, 0.25) is 0 Å². The summed E-state index contributed by atoms with van der Waals surface area (Å²) in [6, 6.07) is 6.44. The highest BCUT2D eigenvalue weighted by molar-refractivity contribution is 5.78. The van der Waals surface area contributed by atoms with Crippen LogP contribution in [0.2, 0.25) is 0 Å². The first-order chi connectivity index (χ1) is 9.92. The van der Waals surface area contributed by atoms with Gasteiger partial charge in [0, 0.05) is 25.0 Å². The molecular weight excluding hydrogens is 252 g/mol. The Morgan fingerprint density at radius 2 is 2.20 bits per heavy atom. The van der Waals surface area contributed by atoms with Gasteiger partial charge in [0.1, 0.15) is 0 Å². The summed E-state index contributed by atoms with van der Waals surface area (Å²) in [6.07, 6.45) is 3.04. The van der Waals surface area contributed by atoms with Crippen LogP contribution in [0.4, 0.5) is 0 Å². The van der Waals surface area contributed by atoms with Crippen LogP contribution in [0.25, 0.3) is 10.9 Å². The minimum atomic E-state index is 0.887. The maximum absolute atomic E-state index is 5.35. The third-order valence-corrected chi connectivity index (χ3v) is 3.77. The molecule has 1 aliphatic heterocycles. The molecule has 0 aliphatic carbocycles. The largest absolute Gasteiger partial charge is 0.379 e. The van der Waals surface area contributed by atoms with Crippen LogP contribution in [0.1, 0.15) is 12.0 Å². The fourth-order valence-corrected chi connectivity index (χ4v) is 2.58. The average Bonchev–Trinajstić information content (AvgIpc) is 2.95. The summed E-state index contributed by atoms with van der Waals surface area (Å²) in [5, 5.41) is 11.7. The molecule has 0 unspecified atom stereocenters. The number of morpholine rings is 1. The van der Waals surface area contributed by atoms with Crippen molar-refractivity contribution in [1.82, 2.24) is 20.4 Å². The summed E-state index contributed by atoms with van der Waals surface area (Å²) in [5.41, 5.74) is 2.41. The number of ether oxygens (including phenoxy) is 1. The predicted molar refractivity (Wildman–Crippen MR) is 79.7 cm³/mol. The van der Waals surface area contributed by atoms with Crippen molar-refractivity contribution in [2.75, 3.05) is 39.4 Å². The van der Waals surface area contributed by atoms with Gasteiger partial charge in [0.15, 0.2) is 0 Å². The zero-order valence-corrected chi connectivity index (χ0v) is 11.8. The normalized spacial score (nSPS) is 16.8. The van der Waals surface area contributed by atoms with E-state index in [9.17, 15) is 0 Å². The number of aromatic amines is 1. The lowest BCUT2D eigenvalue weighted by Crippen LogP contribution is -2.37. The Hall–Kier alpha value is -1.43. The van der Waals surface area contributed by atoms with E-state index in [0.29, 0.717) is 0 Å². The maximum Gasteiger partial charge on any atom is 0.0653 e. The van der Waals surface area contributed by atoms with Crippen molar-refractivity contribution in [2.45, 2.75) is 13.0 Å². The monoisotopic (exact) mass is 274 g/mol. The Balaban J connectivity index is 1.36. The Kier molecular flexibility index (Phi) is 4.63. The van der Waals surface area contributed by atoms with Crippen LogP contribution < -0.4 is 5.32 Å². The van der Waals surface area contributed by atoms with E-state index in [0.717, 1.165) is 51.5 Å². The quantitative estimate of drug-likeness (QED) is 0.781. The molecule has 1 aromatic heterocycles. The molecule has 20 heavy (non-hydrogen) atoms. The third-order valence-electron chi connectivity index (χ3n) is 3.77. The van der Waals surface area contributed by atoms with E-state index in [-0.39, 0.29) is 0 Å². The van der Waals surface area contributed by atoms with Gasteiger partial charge in [0.05, 0.1) is 24.9 Å². The molecule has 3 rings (SSSR count). The highest BCUT2D eigenvalue weighted by Gasteiger charge is 2.08. The minimum Gasteiger partial charge on any atom is -0.379 e. The first-order valence-corrected chi connectivity index (χ1v) is 7.35. The van der Waals surface area contributed by atoms with E-state index in [2.05, 4.69) is 38.6 Å². The first-order valence-electron chi connectivity index (χ1n) is 7.35. The molecular formula is C15H22N4O. The van der Waals surface area contributed by atoms with Gasteiger partial charge in [-0.15, -0.1) is 0 Å². The Morgan fingerprint density at radius 1 is 1.30 bits per heavy atom. The lowest BCUT2D eigenvalue weighted by Gasteiger charge is -2.26. The van der Waals surface area contributed by atoms with Gasteiger partial charge >= 0.3 is 0 Å². The predicted octanol–water partition coefficient (Wildman–Crippen LogP) is 1.37. The zero-order valence-electron chi connectivity index (χ0n) is 11.8. The highest BCUT2D eigenvalue weighted by atomic mass is 16.5. The lowest BCUT2D eigenvalue weighted by atomic mass is 10.1. The number of aromatic nitrogens is 2. The van der Waals surface area contributed by atoms with Crippen LogP contribution in [0, 0.1) is 0 Å². The molecule has 108 valence electrons. The molecule has 0 spiro atoms. The van der Waals surface area contributed by atoms with E-state index in [1.165, 1.54) is 17.4 Å². The number of rotatable bonds is 6. The number of nitrogens with one attached hydrogen (secondary N) is 2. The topological polar surface area (TPSA) is 53.2 Å². The molecule has 2 heterocycles. The van der Waals surface area contributed by atoms with E-state index in [1.54, 1.807) is 0 Å². The Bertz CT molecular complexity index is 533. The second kappa shape index (κ2) is 6.83. The third kappa shape index (κ3) is 3.56. The SMILES string of the molecule is c1cc2cn[nH]c2cc1CNCCCN1CCOCC1. The first kappa shape index (κ1) is 13.5. The molecule has 0 amide bonds. The Labute approximate surface area is 119 Å². The second-order valence-corrected chi connectivity index (χ2v) is 5.28. The minimum absolute atomic E-state index is 0.887. The number of hydrogen-bond donors (Lipinski definition) is 2. The molecule has 1 fully saturated rings. The van der Waals surface area contributed by atoms with Gasteiger partial charge in [-0.05, 0) is 31.1 Å². The maximum atomic E-state index is 5.35. The van der Waals surface area contributed by atoms with Gasteiger partial charge < -0.3 is 10.1 Å². The van der Waals surface area contributed by atoms with Crippen molar-refractivity contribution in [3.63, 3.8) is 0 Å². The summed E-state index contributed by atoms with van der Waals surface area (Å²) in [6.45, 7) is 7.06. The van der Waals surface area contributed by atoms with Crippen molar-refractivity contribution in [1.29, 1.82) is 0 Å². The van der Waals surface area contributed by atoms with Crippen molar-refractivity contribution in [3.05, 3.63) is 30.0 Å². The summed E-state index contributed by atoms with van der Waals surface area (Å²) in [4.78, 5) is 2.47. The number of H-pyrrole nitrogens is 1. The second-order valence-electron chi connectivity index (χ2n) is 5.28. The van der Waals surface area contributed by atoms with Crippen molar-refractivity contribution < 1.29 is 4.74 Å². The molecule has 0 atom stereocenters. The van der Waals surface area contributed by atoms with E-state index in [1.807, 2.05) is 6.20 Å². The standard InChI is InChI=1S/C15H22N4O/c1(5-19-6-8-20-9-7-19)4-16-11-13-2-3-14-12-17-18-15(14)10-13/h2-3,10,12,16H,1,4-9,11H2,(H,17,18). The van der Waals surface area contributed by atoms with Crippen LogP contribution in [0.3, 0.4) is 0 Å². The number of nitrogens with zero attached hydrogens (tertiary/aromatic N) is 2. The average molecular weight is 274 g/mol. The fourth-order valence-electron chi connectivity index (χ4n) is 2.58. The molecule has 5 heteroatoms. The number of hydrogen-bond acceptors (Lipinski definition) is 4. The van der Waals surface area contributed by atoms with Crippen LogP contribution in [-0.4, -0.2) is 54.5 Å². The van der Waals surface area contributed by atoms with E-state index >= 15 is 0 Å². The molecule has 2 aromatic rings. The Morgan fingerprint density at radius 3 is 3.10 bits per heavy atom. The summed E-state index contributed by atoms with van der Waals surface area (Å²) < 4.78 is 5.35. The highest BCUT2D eigenvalue weighted by Crippen LogP contribution is 2.12. The van der Waals surface area contributed by atoms with Gasteiger partial charge in [-0.3, -0.25) is 10.00 Å². The molecule has 1 aromatic carbocycles. The van der Waals surface area contributed by atoms with Crippen LogP contribution in [-0.2, 0) is 11.3 Å². The number of fused-ring (bicyclic) bond motifs is 1. The van der Waals surface area contributed by atoms with Gasteiger partial charge in [0.25, 0.3) is 0 Å². The fraction of sp³-hybridized carbons (Fsp3) is 0.533. The van der Waals surface area contributed by atoms with Crippen molar-refractivity contribution in [2.24, 2.45) is 0 Å². The lowest BCUT2D eigenvalue weighted by molar-refractivity contribution is 0.0374. The molecule has 2 N–H and O–H groups in total. The van der Waals surface area contributed by atoms with Crippen LogP contribution >= 0.6 is 0 Å². The molecule has 0 saturated carbocycles. The summed E-state index contributed by atoms with van der Waals surface area (Å²) >= 11 is 0. The van der Waals surface area contributed by atoms with Crippen LogP contribution in [0.15, 0.2) is 24.4 Å². The van der Waals surface area contributed by atoms with Crippen LogP contribution in [0.5, 0.6) is 0 Å². The van der Waals surface area contributed by atoms with Gasteiger partial charge in [-0.1, -0.05) is 12.1 Å². The van der Waals surface area contributed by atoms with Gasteiger partial charge in [-0.2, -0.15) is 5.10 Å². The molecule has 5 nitrogen and oxygen atoms in total. The summed E-state index contributed by atoms with van der Waals surface area (Å²) in [7, 11) is 0. The zero-order chi connectivity index (χ0) is 13.6. The van der Waals surface area contributed by atoms with Crippen molar-refractivity contribution in [3.8, 4) is 0 Å².